The Morgan fingerprint density at radius 3 is 2.09 bits per heavy atom. The number of hydrogen-bond donors (Lipinski definition) is 1. The number of carbonyl (C=O) groups excluding carboxylic acids is 1. The van der Waals surface area contributed by atoms with E-state index in [2.05, 4.69) is 29.2 Å². The molecule has 2 aliphatic rings. The molecule has 1 aromatic rings. The minimum absolute atomic E-state index is 0.0997. The first-order chi connectivity index (χ1) is 10.4. The quantitative estimate of drug-likeness (QED) is 0.931. The molecule has 0 spiro atoms. The van der Waals surface area contributed by atoms with Crippen molar-refractivity contribution in [3.05, 3.63) is 35.4 Å². The van der Waals surface area contributed by atoms with Crippen LogP contribution in [0.4, 0.5) is 0 Å². The highest BCUT2D eigenvalue weighted by atomic mass is 16.2. The first kappa shape index (κ1) is 15.5. The molecule has 3 heteroatoms. The first-order valence-corrected chi connectivity index (χ1v) is 8.63. The standard InChI is InChI=1S/C19H28N2O/c1-18(2,17(22)21-13-5-3-4-6-14-21)15-7-9-16(10-8-15)19(20)11-12-19/h7-10H,3-6,11-14,20H2,1-2H3. The van der Waals surface area contributed by atoms with Gasteiger partial charge in [-0.05, 0) is 50.7 Å². The Labute approximate surface area is 133 Å². The monoisotopic (exact) mass is 300 g/mol. The lowest BCUT2D eigenvalue weighted by molar-refractivity contribution is -0.136. The zero-order valence-electron chi connectivity index (χ0n) is 13.9. The second-order valence-corrected chi connectivity index (χ2v) is 7.56. The molecule has 0 radical (unpaired) electrons. The molecular formula is C19H28N2O. The van der Waals surface area contributed by atoms with Crippen LogP contribution in [-0.4, -0.2) is 23.9 Å². The van der Waals surface area contributed by atoms with Gasteiger partial charge >= 0.3 is 0 Å². The number of nitrogens with zero attached hydrogens (tertiary/aromatic N) is 1. The molecule has 3 rings (SSSR count). The summed E-state index contributed by atoms with van der Waals surface area (Å²) in [6, 6.07) is 8.41. The molecule has 1 heterocycles. The van der Waals surface area contributed by atoms with Crippen LogP contribution in [0.1, 0.15) is 63.5 Å². The van der Waals surface area contributed by atoms with Crippen molar-refractivity contribution in [1.29, 1.82) is 0 Å². The Balaban J connectivity index is 1.77. The summed E-state index contributed by atoms with van der Waals surface area (Å²) in [4.78, 5) is 15.0. The predicted octanol–water partition coefficient (Wildman–Crippen LogP) is 3.31. The second-order valence-electron chi connectivity index (χ2n) is 7.56. The summed E-state index contributed by atoms with van der Waals surface area (Å²) in [6.45, 7) is 5.91. The normalized spacial score (nSPS) is 21.3. The lowest BCUT2D eigenvalue weighted by atomic mass is 9.82. The van der Waals surface area contributed by atoms with Gasteiger partial charge in [0.1, 0.15) is 0 Å². The Morgan fingerprint density at radius 1 is 1.05 bits per heavy atom. The SMILES string of the molecule is CC(C)(C(=O)N1CCCCCC1)c1ccc(C2(N)CC2)cc1. The molecule has 0 bridgehead atoms. The van der Waals surface area contributed by atoms with Gasteiger partial charge in [-0.2, -0.15) is 0 Å². The van der Waals surface area contributed by atoms with Gasteiger partial charge in [-0.3, -0.25) is 4.79 Å². The Bertz CT molecular complexity index is 535. The third-order valence-electron chi connectivity index (χ3n) is 5.40. The summed E-state index contributed by atoms with van der Waals surface area (Å²) < 4.78 is 0. The molecule has 1 aliphatic carbocycles. The third-order valence-corrected chi connectivity index (χ3v) is 5.40. The molecule has 1 aromatic carbocycles. The first-order valence-electron chi connectivity index (χ1n) is 8.63. The fraction of sp³-hybridized carbons (Fsp3) is 0.632. The van der Waals surface area contributed by atoms with E-state index in [0.29, 0.717) is 0 Å². The Morgan fingerprint density at radius 2 is 1.59 bits per heavy atom. The van der Waals surface area contributed by atoms with Crippen LogP contribution in [0.2, 0.25) is 0 Å². The Kier molecular flexibility index (Phi) is 4.02. The lowest BCUT2D eigenvalue weighted by Crippen LogP contribution is -2.44. The molecule has 2 N–H and O–H groups in total. The summed E-state index contributed by atoms with van der Waals surface area (Å²) in [7, 11) is 0. The minimum Gasteiger partial charge on any atom is -0.342 e. The molecule has 0 unspecified atom stereocenters. The number of likely N-dealkylation sites (tertiary alicyclic amines) is 1. The van der Waals surface area contributed by atoms with Gasteiger partial charge in [0.05, 0.1) is 5.41 Å². The summed E-state index contributed by atoms with van der Waals surface area (Å²) in [5.74, 6) is 0.260. The number of rotatable bonds is 3. The Hall–Kier alpha value is -1.35. The third kappa shape index (κ3) is 2.91. The van der Waals surface area contributed by atoms with Gasteiger partial charge < -0.3 is 10.6 Å². The molecule has 3 nitrogen and oxygen atoms in total. The van der Waals surface area contributed by atoms with Crippen LogP contribution in [0.5, 0.6) is 0 Å². The fourth-order valence-electron chi connectivity index (χ4n) is 3.43. The number of amides is 1. The van der Waals surface area contributed by atoms with Crippen molar-refractivity contribution in [3.8, 4) is 0 Å². The van der Waals surface area contributed by atoms with Gasteiger partial charge in [-0.25, -0.2) is 0 Å². The molecule has 0 atom stereocenters. The van der Waals surface area contributed by atoms with E-state index in [9.17, 15) is 4.79 Å². The summed E-state index contributed by atoms with van der Waals surface area (Å²) >= 11 is 0. The van der Waals surface area contributed by atoms with Gasteiger partial charge in [0.15, 0.2) is 0 Å². The summed E-state index contributed by atoms with van der Waals surface area (Å²) in [5.41, 5.74) is 7.98. The van der Waals surface area contributed by atoms with E-state index in [0.717, 1.165) is 44.3 Å². The summed E-state index contributed by atoms with van der Waals surface area (Å²) in [6.07, 6.45) is 6.91. The maximum Gasteiger partial charge on any atom is 0.232 e. The van der Waals surface area contributed by atoms with Gasteiger partial charge in [0, 0.05) is 18.6 Å². The van der Waals surface area contributed by atoms with Crippen molar-refractivity contribution in [2.45, 2.75) is 63.3 Å². The molecule has 1 saturated carbocycles. The van der Waals surface area contributed by atoms with Gasteiger partial charge in [0.25, 0.3) is 0 Å². The van der Waals surface area contributed by atoms with Crippen molar-refractivity contribution in [2.75, 3.05) is 13.1 Å². The minimum atomic E-state index is -0.464. The van der Waals surface area contributed by atoms with Crippen LogP contribution in [0.3, 0.4) is 0 Å². The second kappa shape index (κ2) is 5.69. The molecule has 1 aliphatic heterocycles. The van der Waals surface area contributed by atoms with Crippen molar-refractivity contribution >= 4 is 5.91 Å². The largest absolute Gasteiger partial charge is 0.342 e. The number of nitrogens with two attached hydrogens (primary N) is 1. The highest BCUT2D eigenvalue weighted by molar-refractivity contribution is 5.87. The highest BCUT2D eigenvalue weighted by Gasteiger charge is 2.40. The summed E-state index contributed by atoms with van der Waals surface area (Å²) in [5, 5.41) is 0. The van der Waals surface area contributed by atoms with Crippen LogP contribution in [0.15, 0.2) is 24.3 Å². The van der Waals surface area contributed by atoms with Crippen LogP contribution in [0, 0.1) is 0 Å². The average Bonchev–Trinajstić information content (AvgIpc) is 3.30. The topological polar surface area (TPSA) is 46.3 Å². The van der Waals surface area contributed by atoms with Gasteiger partial charge in [0.2, 0.25) is 5.91 Å². The number of carbonyl (C=O) groups is 1. The van der Waals surface area contributed by atoms with E-state index in [4.69, 9.17) is 5.73 Å². The van der Waals surface area contributed by atoms with Crippen LogP contribution in [0.25, 0.3) is 0 Å². The molecule has 120 valence electrons. The van der Waals surface area contributed by atoms with E-state index >= 15 is 0 Å². The van der Waals surface area contributed by atoms with Crippen molar-refractivity contribution < 1.29 is 4.79 Å². The molecule has 0 aromatic heterocycles. The molecule has 22 heavy (non-hydrogen) atoms. The van der Waals surface area contributed by atoms with E-state index in [1.54, 1.807) is 0 Å². The fourth-order valence-corrected chi connectivity index (χ4v) is 3.43. The van der Waals surface area contributed by atoms with E-state index in [-0.39, 0.29) is 11.4 Å². The number of benzene rings is 1. The van der Waals surface area contributed by atoms with Crippen LogP contribution < -0.4 is 5.73 Å². The van der Waals surface area contributed by atoms with Crippen LogP contribution >= 0.6 is 0 Å². The van der Waals surface area contributed by atoms with Crippen molar-refractivity contribution in [2.24, 2.45) is 5.73 Å². The van der Waals surface area contributed by atoms with Crippen LogP contribution in [-0.2, 0) is 15.7 Å². The van der Waals surface area contributed by atoms with E-state index in [1.807, 2.05) is 13.8 Å². The smallest absolute Gasteiger partial charge is 0.232 e. The zero-order chi connectivity index (χ0) is 15.8. The number of hydrogen-bond acceptors (Lipinski definition) is 2. The van der Waals surface area contributed by atoms with Gasteiger partial charge in [-0.15, -0.1) is 0 Å². The van der Waals surface area contributed by atoms with Crippen molar-refractivity contribution in [3.63, 3.8) is 0 Å². The van der Waals surface area contributed by atoms with E-state index < -0.39 is 5.41 Å². The molecular weight excluding hydrogens is 272 g/mol. The van der Waals surface area contributed by atoms with Crippen molar-refractivity contribution in [1.82, 2.24) is 4.90 Å². The predicted molar refractivity (Wildman–Crippen MR) is 89.6 cm³/mol. The zero-order valence-corrected chi connectivity index (χ0v) is 13.9. The average molecular weight is 300 g/mol. The van der Waals surface area contributed by atoms with E-state index in [1.165, 1.54) is 18.4 Å². The van der Waals surface area contributed by atoms with Gasteiger partial charge in [-0.1, -0.05) is 37.1 Å². The highest BCUT2D eigenvalue weighted by Crippen LogP contribution is 2.43. The molecule has 2 fully saturated rings. The molecule has 1 amide bonds. The maximum atomic E-state index is 13.0. The lowest BCUT2D eigenvalue weighted by Gasteiger charge is -2.32. The maximum absolute atomic E-state index is 13.0. The molecule has 1 saturated heterocycles.